The normalized spacial score (nSPS) is 11.5. The maximum absolute atomic E-state index is 12.9. The molecule has 0 aromatic carbocycles. The van der Waals surface area contributed by atoms with E-state index in [1.54, 1.807) is 23.1 Å². The second-order valence-electron chi connectivity index (χ2n) is 5.35. The minimum atomic E-state index is 0.0316. The van der Waals surface area contributed by atoms with Gasteiger partial charge in [0.15, 0.2) is 5.16 Å². The highest BCUT2D eigenvalue weighted by Gasteiger charge is 2.16. The Bertz CT molecular complexity index is 709. The number of aliphatic hydroxyl groups is 1. The van der Waals surface area contributed by atoms with Gasteiger partial charge in [0.05, 0.1) is 25.2 Å². The summed E-state index contributed by atoms with van der Waals surface area (Å²) in [6.07, 6.45) is 2.00. The Morgan fingerprint density at radius 1 is 1.35 bits per heavy atom. The molecule has 2 aromatic rings. The highest BCUT2D eigenvalue weighted by molar-refractivity contribution is 7.99. The number of hydrogen-bond acceptors (Lipinski definition) is 6. The molecule has 0 unspecified atom stereocenters. The fourth-order valence-corrected chi connectivity index (χ4v) is 4.24. The first-order valence-electron chi connectivity index (χ1n) is 7.92. The number of thiophene rings is 1. The molecule has 0 saturated carbocycles. The van der Waals surface area contributed by atoms with Crippen LogP contribution in [0.25, 0.3) is 10.2 Å². The van der Waals surface area contributed by atoms with Gasteiger partial charge < -0.3 is 9.84 Å². The van der Waals surface area contributed by atoms with Crippen molar-refractivity contribution < 1.29 is 9.84 Å². The van der Waals surface area contributed by atoms with Gasteiger partial charge in [0.25, 0.3) is 5.56 Å². The zero-order valence-electron chi connectivity index (χ0n) is 13.9. The van der Waals surface area contributed by atoms with Crippen molar-refractivity contribution >= 4 is 33.3 Å². The number of nitrogens with zero attached hydrogens (tertiary/aromatic N) is 2. The van der Waals surface area contributed by atoms with E-state index in [9.17, 15) is 4.79 Å². The summed E-state index contributed by atoms with van der Waals surface area (Å²) in [6, 6.07) is 0. The third-order valence-electron chi connectivity index (χ3n) is 3.68. The SMILES string of the molecule is CCCCn1c(SCCOCCO)nc2sc(C)c(C)c2c1=O. The molecule has 0 amide bonds. The van der Waals surface area contributed by atoms with Crippen LogP contribution in [0.4, 0.5) is 0 Å². The monoisotopic (exact) mass is 356 g/mol. The van der Waals surface area contributed by atoms with Crippen LogP contribution in [0.1, 0.15) is 30.2 Å². The van der Waals surface area contributed by atoms with E-state index in [0.717, 1.165) is 38.7 Å². The average Bonchev–Trinajstić information content (AvgIpc) is 2.81. The smallest absolute Gasteiger partial charge is 0.263 e. The third kappa shape index (κ3) is 4.35. The highest BCUT2D eigenvalue weighted by atomic mass is 32.2. The molecule has 0 aliphatic rings. The number of unbranched alkanes of at least 4 members (excludes halogenated alkanes) is 1. The zero-order valence-corrected chi connectivity index (χ0v) is 15.6. The number of hydrogen-bond donors (Lipinski definition) is 1. The van der Waals surface area contributed by atoms with Crippen LogP contribution in [0.5, 0.6) is 0 Å². The van der Waals surface area contributed by atoms with Crippen LogP contribution < -0.4 is 5.56 Å². The molecule has 0 fully saturated rings. The standard InChI is InChI=1S/C16H24N2O3S2/c1-4-5-6-18-15(20)13-11(2)12(3)23-14(13)17-16(18)22-10-9-21-8-7-19/h19H,4-10H2,1-3H3. The number of aryl methyl sites for hydroxylation is 2. The van der Waals surface area contributed by atoms with Gasteiger partial charge in [0, 0.05) is 17.2 Å². The van der Waals surface area contributed by atoms with Crippen molar-refractivity contribution in [1.82, 2.24) is 9.55 Å². The van der Waals surface area contributed by atoms with Gasteiger partial charge in [-0.2, -0.15) is 0 Å². The van der Waals surface area contributed by atoms with Crippen LogP contribution in [0.3, 0.4) is 0 Å². The van der Waals surface area contributed by atoms with Crippen LogP contribution >= 0.6 is 23.1 Å². The van der Waals surface area contributed by atoms with Crippen LogP contribution in [0.2, 0.25) is 0 Å². The summed E-state index contributed by atoms with van der Waals surface area (Å²) < 4.78 is 7.09. The predicted molar refractivity (Wildman–Crippen MR) is 96.9 cm³/mol. The molecule has 1 N–H and O–H groups in total. The summed E-state index contributed by atoms with van der Waals surface area (Å²) in [7, 11) is 0. The van der Waals surface area contributed by atoms with E-state index in [4.69, 9.17) is 14.8 Å². The van der Waals surface area contributed by atoms with Crippen molar-refractivity contribution in [1.29, 1.82) is 0 Å². The van der Waals surface area contributed by atoms with Gasteiger partial charge in [0.2, 0.25) is 0 Å². The minimum absolute atomic E-state index is 0.0316. The van der Waals surface area contributed by atoms with Crippen LogP contribution in [-0.2, 0) is 11.3 Å². The summed E-state index contributed by atoms with van der Waals surface area (Å²) in [5.41, 5.74) is 1.12. The van der Waals surface area contributed by atoms with E-state index in [2.05, 4.69) is 6.92 Å². The van der Waals surface area contributed by atoms with Crippen molar-refractivity contribution in [2.75, 3.05) is 25.6 Å². The van der Waals surface area contributed by atoms with Crippen LogP contribution in [0.15, 0.2) is 9.95 Å². The molecule has 0 aliphatic carbocycles. The first kappa shape index (κ1) is 18.4. The predicted octanol–water partition coefficient (Wildman–Crippen LogP) is 2.98. The number of rotatable bonds is 9. The number of fused-ring (bicyclic) bond motifs is 1. The summed E-state index contributed by atoms with van der Waals surface area (Å²) >= 11 is 3.13. The second-order valence-corrected chi connectivity index (χ2v) is 7.62. The van der Waals surface area contributed by atoms with Gasteiger partial charge in [-0.05, 0) is 25.8 Å². The Morgan fingerprint density at radius 2 is 2.13 bits per heavy atom. The van der Waals surface area contributed by atoms with E-state index in [1.807, 2.05) is 18.4 Å². The van der Waals surface area contributed by atoms with Gasteiger partial charge in [-0.3, -0.25) is 9.36 Å². The molecule has 0 spiro atoms. The molecular formula is C16H24N2O3S2. The lowest BCUT2D eigenvalue weighted by atomic mass is 10.2. The average molecular weight is 357 g/mol. The van der Waals surface area contributed by atoms with E-state index in [1.165, 1.54) is 0 Å². The maximum Gasteiger partial charge on any atom is 0.263 e. The molecule has 0 bridgehead atoms. The topological polar surface area (TPSA) is 64.3 Å². The molecule has 2 aromatic heterocycles. The van der Waals surface area contributed by atoms with Crippen molar-refractivity contribution in [3.05, 3.63) is 20.8 Å². The first-order chi connectivity index (χ1) is 11.1. The molecule has 0 aliphatic heterocycles. The molecular weight excluding hydrogens is 332 g/mol. The quantitative estimate of drug-likeness (QED) is 0.425. The summed E-state index contributed by atoms with van der Waals surface area (Å²) in [5, 5.41) is 10.3. The maximum atomic E-state index is 12.9. The fourth-order valence-electron chi connectivity index (χ4n) is 2.29. The Balaban J connectivity index is 2.31. The van der Waals surface area contributed by atoms with E-state index in [-0.39, 0.29) is 12.2 Å². The van der Waals surface area contributed by atoms with Crippen LogP contribution in [0, 0.1) is 13.8 Å². The Hall–Kier alpha value is -0.890. The second kappa shape index (κ2) is 8.82. The lowest BCUT2D eigenvalue weighted by molar-refractivity contribution is 0.103. The van der Waals surface area contributed by atoms with E-state index in [0.29, 0.717) is 25.5 Å². The first-order valence-corrected chi connectivity index (χ1v) is 9.72. The number of aromatic nitrogens is 2. The Kier molecular flexibility index (Phi) is 7.08. The molecule has 5 nitrogen and oxygen atoms in total. The number of thioether (sulfide) groups is 1. The summed E-state index contributed by atoms with van der Waals surface area (Å²) in [4.78, 5) is 19.6. The molecule has 128 valence electrons. The molecule has 0 atom stereocenters. The molecule has 23 heavy (non-hydrogen) atoms. The zero-order chi connectivity index (χ0) is 16.8. The van der Waals surface area contributed by atoms with Gasteiger partial charge >= 0.3 is 0 Å². The van der Waals surface area contributed by atoms with E-state index >= 15 is 0 Å². The minimum Gasteiger partial charge on any atom is -0.394 e. The van der Waals surface area contributed by atoms with Gasteiger partial charge in [-0.1, -0.05) is 25.1 Å². The van der Waals surface area contributed by atoms with Crippen LogP contribution in [-0.4, -0.2) is 40.2 Å². The van der Waals surface area contributed by atoms with Gasteiger partial charge in [-0.25, -0.2) is 4.98 Å². The van der Waals surface area contributed by atoms with Gasteiger partial charge in [-0.15, -0.1) is 11.3 Å². The molecule has 0 saturated heterocycles. The molecule has 0 radical (unpaired) electrons. The van der Waals surface area contributed by atoms with Crippen molar-refractivity contribution in [2.24, 2.45) is 0 Å². The lowest BCUT2D eigenvalue weighted by Gasteiger charge is -2.11. The summed E-state index contributed by atoms with van der Waals surface area (Å²) in [5.74, 6) is 0.716. The lowest BCUT2D eigenvalue weighted by Crippen LogP contribution is -2.23. The number of ether oxygens (including phenoxy) is 1. The van der Waals surface area contributed by atoms with Crippen molar-refractivity contribution in [2.45, 2.75) is 45.3 Å². The van der Waals surface area contributed by atoms with Crippen molar-refractivity contribution in [3.63, 3.8) is 0 Å². The number of aliphatic hydroxyl groups excluding tert-OH is 1. The fraction of sp³-hybridized carbons (Fsp3) is 0.625. The summed E-state index contributed by atoms with van der Waals surface area (Å²) in [6.45, 7) is 7.77. The largest absolute Gasteiger partial charge is 0.394 e. The molecule has 2 rings (SSSR count). The van der Waals surface area contributed by atoms with E-state index < -0.39 is 0 Å². The van der Waals surface area contributed by atoms with Gasteiger partial charge in [0.1, 0.15) is 4.83 Å². The Labute approximate surface area is 144 Å². The molecule has 2 heterocycles. The third-order valence-corrected chi connectivity index (χ3v) is 5.73. The Morgan fingerprint density at radius 3 is 2.83 bits per heavy atom. The highest BCUT2D eigenvalue weighted by Crippen LogP contribution is 2.28. The van der Waals surface area contributed by atoms with Crippen molar-refractivity contribution in [3.8, 4) is 0 Å². The molecule has 7 heteroatoms.